The molecule has 5 nitrogen and oxygen atoms in total. The maximum atomic E-state index is 12.2. The molecule has 1 N–H and O–H groups in total. The van der Waals surface area contributed by atoms with E-state index in [0.717, 1.165) is 9.35 Å². The average molecular weight is 383 g/mol. The van der Waals surface area contributed by atoms with E-state index in [0.29, 0.717) is 17.8 Å². The number of anilines is 1. The fourth-order valence-electron chi connectivity index (χ4n) is 1.83. The first-order valence-corrected chi connectivity index (χ1v) is 8.11. The summed E-state index contributed by atoms with van der Waals surface area (Å²) in [6.07, 6.45) is 0. The van der Waals surface area contributed by atoms with E-state index in [-0.39, 0.29) is 6.03 Å². The predicted octanol–water partition coefficient (Wildman–Crippen LogP) is 3.96. The van der Waals surface area contributed by atoms with E-state index in [1.807, 2.05) is 11.4 Å². The van der Waals surface area contributed by atoms with Gasteiger partial charge in [0.25, 0.3) is 0 Å². The second kappa shape index (κ2) is 7.42. The van der Waals surface area contributed by atoms with Gasteiger partial charge in [0.1, 0.15) is 0 Å². The lowest BCUT2D eigenvalue weighted by atomic mass is 10.2. The minimum absolute atomic E-state index is 0.291. The van der Waals surface area contributed by atoms with Crippen molar-refractivity contribution >= 4 is 45.0 Å². The highest BCUT2D eigenvalue weighted by Gasteiger charge is 2.16. The summed E-state index contributed by atoms with van der Waals surface area (Å²) in [4.78, 5) is 26.5. The van der Waals surface area contributed by atoms with Crippen LogP contribution in [-0.2, 0) is 11.3 Å². The average Bonchev–Trinajstić information content (AvgIpc) is 2.92. The molecule has 0 fully saturated rings. The zero-order valence-corrected chi connectivity index (χ0v) is 14.5. The Labute approximate surface area is 141 Å². The number of para-hydroxylation sites is 1. The van der Waals surface area contributed by atoms with Crippen molar-refractivity contribution < 1.29 is 14.3 Å². The van der Waals surface area contributed by atoms with Crippen molar-refractivity contribution in [3.8, 4) is 0 Å². The third-order valence-electron chi connectivity index (χ3n) is 2.94. The Kier molecular flexibility index (Phi) is 5.57. The minimum Gasteiger partial charge on any atom is -0.465 e. The first kappa shape index (κ1) is 16.5. The van der Waals surface area contributed by atoms with E-state index in [4.69, 9.17) is 4.74 Å². The Morgan fingerprint density at radius 3 is 2.73 bits per heavy atom. The Bertz CT molecular complexity index is 687. The van der Waals surface area contributed by atoms with Crippen molar-refractivity contribution in [3.63, 3.8) is 0 Å². The number of methoxy groups -OCH3 is 1. The van der Waals surface area contributed by atoms with Crippen LogP contribution in [0.3, 0.4) is 0 Å². The van der Waals surface area contributed by atoms with Crippen LogP contribution in [-0.4, -0.2) is 31.1 Å². The SMILES string of the molecule is COC(=O)c1ccccc1NC(=O)N(C)Cc1cc(Br)cs1. The molecule has 1 heterocycles. The minimum atomic E-state index is -0.485. The van der Waals surface area contributed by atoms with Gasteiger partial charge in [-0.25, -0.2) is 9.59 Å². The molecular formula is C15H15BrN2O3S. The third kappa shape index (κ3) is 4.08. The van der Waals surface area contributed by atoms with Crippen LogP contribution in [0.2, 0.25) is 0 Å². The van der Waals surface area contributed by atoms with Gasteiger partial charge in [-0.3, -0.25) is 0 Å². The van der Waals surface area contributed by atoms with E-state index < -0.39 is 5.97 Å². The number of benzene rings is 1. The van der Waals surface area contributed by atoms with Gasteiger partial charge in [-0.2, -0.15) is 0 Å². The molecule has 0 atom stereocenters. The van der Waals surface area contributed by atoms with Crippen LogP contribution in [0, 0.1) is 0 Å². The molecule has 0 aliphatic rings. The molecule has 0 spiro atoms. The molecule has 0 unspecified atom stereocenters. The predicted molar refractivity (Wildman–Crippen MR) is 90.3 cm³/mol. The number of hydrogen-bond acceptors (Lipinski definition) is 4. The standard InChI is InChI=1S/C15H15BrN2O3S/c1-18(8-11-7-10(16)9-22-11)15(20)17-13-6-4-3-5-12(13)14(19)21-2/h3-7,9H,8H2,1-2H3,(H,17,20). The molecule has 2 aromatic rings. The van der Waals surface area contributed by atoms with Gasteiger partial charge in [-0.1, -0.05) is 12.1 Å². The van der Waals surface area contributed by atoms with Gasteiger partial charge in [0.15, 0.2) is 0 Å². The largest absolute Gasteiger partial charge is 0.465 e. The number of carbonyl (C=O) groups is 2. The molecule has 0 saturated heterocycles. The lowest BCUT2D eigenvalue weighted by Gasteiger charge is -2.18. The summed E-state index contributed by atoms with van der Waals surface area (Å²) in [6.45, 7) is 0.489. The molecule has 0 bridgehead atoms. The zero-order valence-electron chi connectivity index (χ0n) is 12.1. The summed E-state index contributed by atoms with van der Waals surface area (Å²) in [7, 11) is 3.01. The van der Waals surface area contributed by atoms with Crippen LogP contribution >= 0.6 is 27.3 Å². The number of amides is 2. The molecule has 22 heavy (non-hydrogen) atoms. The normalized spacial score (nSPS) is 10.1. The summed E-state index contributed by atoms with van der Waals surface area (Å²) in [5.74, 6) is -0.485. The molecule has 2 amide bonds. The van der Waals surface area contributed by atoms with Crippen molar-refractivity contribution in [2.24, 2.45) is 0 Å². The number of carbonyl (C=O) groups excluding carboxylic acids is 2. The van der Waals surface area contributed by atoms with Gasteiger partial charge in [0.05, 0.1) is 24.9 Å². The quantitative estimate of drug-likeness (QED) is 0.814. The number of ether oxygens (including phenoxy) is 1. The highest BCUT2D eigenvalue weighted by molar-refractivity contribution is 9.10. The van der Waals surface area contributed by atoms with Gasteiger partial charge in [0, 0.05) is 21.8 Å². The molecule has 1 aromatic carbocycles. The lowest BCUT2D eigenvalue weighted by molar-refractivity contribution is 0.0602. The van der Waals surface area contributed by atoms with Crippen molar-refractivity contribution in [1.82, 2.24) is 4.90 Å². The number of thiophene rings is 1. The van der Waals surface area contributed by atoms with Crippen LogP contribution in [0.5, 0.6) is 0 Å². The van der Waals surface area contributed by atoms with Crippen LogP contribution in [0.4, 0.5) is 10.5 Å². The summed E-state index contributed by atoms with van der Waals surface area (Å²) in [6, 6.07) is 8.42. The Hall–Kier alpha value is -1.86. The third-order valence-corrected chi connectivity index (χ3v) is 4.62. The molecule has 116 valence electrons. The highest BCUT2D eigenvalue weighted by atomic mass is 79.9. The first-order chi connectivity index (χ1) is 10.5. The van der Waals surface area contributed by atoms with Gasteiger partial charge in [-0.05, 0) is 34.1 Å². The zero-order chi connectivity index (χ0) is 16.1. The summed E-state index contributed by atoms with van der Waals surface area (Å²) >= 11 is 4.96. The van der Waals surface area contributed by atoms with Gasteiger partial charge in [0.2, 0.25) is 0 Å². The first-order valence-electron chi connectivity index (χ1n) is 6.43. The number of nitrogens with one attached hydrogen (secondary N) is 1. The van der Waals surface area contributed by atoms with Gasteiger partial charge < -0.3 is 15.0 Å². The summed E-state index contributed by atoms with van der Waals surface area (Å²) in [5, 5.41) is 4.70. The number of urea groups is 1. The Morgan fingerprint density at radius 1 is 1.36 bits per heavy atom. The molecule has 1 aromatic heterocycles. The Morgan fingerprint density at radius 2 is 2.09 bits per heavy atom. The lowest BCUT2D eigenvalue weighted by Crippen LogP contribution is -2.31. The molecule has 0 saturated carbocycles. The fourth-order valence-corrected chi connectivity index (χ4v) is 3.34. The van der Waals surface area contributed by atoms with Crippen molar-refractivity contribution in [2.45, 2.75) is 6.54 Å². The van der Waals surface area contributed by atoms with Gasteiger partial charge >= 0.3 is 12.0 Å². The number of esters is 1. The summed E-state index contributed by atoms with van der Waals surface area (Å²) in [5.41, 5.74) is 0.754. The fraction of sp³-hybridized carbons (Fsp3) is 0.200. The van der Waals surface area contributed by atoms with E-state index in [1.54, 1.807) is 47.5 Å². The van der Waals surface area contributed by atoms with Crippen LogP contribution < -0.4 is 5.32 Å². The maximum Gasteiger partial charge on any atom is 0.339 e. The van der Waals surface area contributed by atoms with Crippen molar-refractivity contribution in [1.29, 1.82) is 0 Å². The van der Waals surface area contributed by atoms with Crippen LogP contribution in [0.1, 0.15) is 15.2 Å². The van der Waals surface area contributed by atoms with E-state index in [2.05, 4.69) is 21.2 Å². The van der Waals surface area contributed by atoms with E-state index in [9.17, 15) is 9.59 Å². The molecule has 0 aliphatic carbocycles. The van der Waals surface area contributed by atoms with Crippen LogP contribution in [0.25, 0.3) is 0 Å². The van der Waals surface area contributed by atoms with Crippen molar-refractivity contribution in [2.75, 3.05) is 19.5 Å². The summed E-state index contributed by atoms with van der Waals surface area (Å²) < 4.78 is 5.71. The van der Waals surface area contributed by atoms with E-state index in [1.165, 1.54) is 7.11 Å². The monoisotopic (exact) mass is 382 g/mol. The molecule has 7 heteroatoms. The van der Waals surface area contributed by atoms with Crippen molar-refractivity contribution in [3.05, 3.63) is 50.6 Å². The molecular weight excluding hydrogens is 368 g/mol. The molecule has 2 rings (SSSR count). The van der Waals surface area contributed by atoms with E-state index >= 15 is 0 Å². The highest BCUT2D eigenvalue weighted by Crippen LogP contribution is 2.21. The number of halogens is 1. The number of rotatable bonds is 4. The smallest absolute Gasteiger partial charge is 0.339 e. The maximum absolute atomic E-state index is 12.2. The Balaban J connectivity index is 2.07. The molecule has 0 radical (unpaired) electrons. The van der Waals surface area contributed by atoms with Crippen LogP contribution in [0.15, 0.2) is 40.2 Å². The number of hydrogen-bond donors (Lipinski definition) is 1. The second-order valence-electron chi connectivity index (χ2n) is 4.55. The second-order valence-corrected chi connectivity index (χ2v) is 6.47. The molecule has 0 aliphatic heterocycles. The topological polar surface area (TPSA) is 58.6 Å². The number of nitrogens with zero attached hydrogens (tertiary/aromatic N) is 1. The van der Waals surface area contributed by atoms with Gasteiger partial charge in [-0.15, -0.1) is 11.3 Å².